The van der Waals surface area contributed by atoms with E-state index in [1.165, 1.54) is 0 Å². The zero-order valence-corrected chi connectivity index (χ0v) is 12.0. The Balaban J connectivity index is 0.00000162. The summed E-state index contributed by atoms with van der Waals surface area (Å²) in [4.78, 5) is 12.1. The molecule has 3 N–H and O–H groups in total. The van der Waals surface area contributed by atoms with Gasteiger partial charge in [0.1, 0.15) is 0 Å². The summed E-state index contributed by atoms with van der Waals surface area (Å²) in [6.07, 6.45) is 2.25. The number of benzene rings is 1. The third kappa shape index (κ3) is 3.51. The van der Waals surface area contributed by atoms with E-state index in [1.807, 2.05) is 0 Å². The molecule has 1 atom stereocenters. The Morgan fingerprint density at radius 1 is 1.39 bits per heavy atom. The lowest BCUT2D eigenvalue weighted by Crippen LogP contribution is -2.41. The molecule has 0 saturated heterocycles. The molecule has 1 saturated carbocycles. The molecule has 1 unspecified atom stereocenters. The highest BCUT2D eigenvalue weighted by atomic mass is 35.5. The van der Waals surface area contributed by atoms with Crippen molar-refractivity contribution in [3.8, 4) is 0 Å². The number of nitrogens with two attached hydrogens (primary N) is 1. The molecule has 0 heterocycles. The van der Waals surface area contributed by atoms with Gasteiger partial charge in [0.05, 0.1) is 15.6 Å². The first kappa shape index (κ1) is 15.6. The molecule has 100 valence electrons. The Hall–Kier alpha value is -0.480. The normalized spacial score (nSPS) is 15.7. The molecular weight excluding hydrogens is 295 g/mol. The first-order valence-electron chi connectivity index (χ1n) is 5.58. The van der Waals surface area contributed by atoms with Crippen molar-refractivity contribution in [1.29, 1.82) is 0 Å². The molecule has 0 bridgehead atoms. The van der Waals surface area contributed by atoms with Gasteiger partial charge in [-0.1, -0.05) is 29.3 Å². The lowest BCUT2D eigenvalue weighted by Gasteiger charge is -2.17. The van der Waals surface area contributed by atoms with Gasteiger partial charge in [-0.3, -0.25) is 4.79 Å². The molecule has 2 rings (SSSR count). The van der Waals surface area contributed by atoms with E-state index in [9.17, 15) is 4.79 Å². The van der Waals surface area contributed by atoms with E-state index in [0.29, 0.717) is 28.1 Å². The van der Waals surface area contributed by atoms with Crippen LogP contribution in [0.4, 0.5) is 0 Å². The van der Waals surface area contributed by atoms with Gasteiger partial charge in [0.25, 0.3) is 5.91 Å². The predicted octanol–water partition coefficient (Wildman–Crippen LogP) is 2.88. The number of carbonyl (C=O) groups is 1. The fourth-order valence-corrected chi connectivity index (χ4v) is 2.39. The molecule has 1 aliphatic carbocycles. The van der Waals surface area contributed by atoms with Crippen molar-refractivity contribution in [2.75, 3.05) is 6.54 Å². The third-order valence-corrected chi connectivity index (χ3v) is 3.58. The van der Waals surface area contributed by atoms with E-state index < -0.39 is 0 Å². The third-order valence-electron chi connectivity index (χ3n) is 2.95. The minimum Gasteiger partial charge on any atom is -0.348 e. The second-order valence-electron chi connectivity index (χ2n) is 4.25. The number of halogens is 3. The lowest BCUT2D eigenvalue weighted by atomic mass is 10.1. The van der Waals surface area contributed by atoms with E-state index in [4.69, 9.17) is 28.9 Å². The highest BCUT2D eigenvalue weighted by Crippen LogP contribution is 2.32. The molecular formula is C12H15Cl3N2O. The largest absolute Gasteiger partial charge is 0.348 e. The van der Waals surface area contributed by atoms with E-state index in [0.717, 1.165) is 12.8 Å². The van der Waals surface area contributed by atoms with Crippen LogP contribution in [0.2, 0.25) is 10.0 Å². The summed E-state index contributed by atoms with van der Waals surface area (Å²) in [6, 6.07) is 5.03. The van der Waals surface area contributed by atoms with Crippen LogP contribution in [0.25, 0.3) is 0 Å². The summed E-state index contributed by atoms with van der Waals surface area (Å²) in [5.41, 5.74) is 5.96. The standard InChI is InChI=1S/C12H14Cl2N2O.ClH/c13-8-2-1-3-9(14)11(8)12(17)16-10(6-15)7-4-5-7;/h1-3,7,10H,4-6,15H2,(H,16,17);1H. The van der Waals surface area contributed by atoms with Crippen LogP contribution in [0.15, 0.2) is 18.2 Å². The van der Waals surface area contributed by atoms with Crippen LogP contribution in [0.1, 0.15) is 23.2 Å². The van der Waals surface area contributed by atoms with Crippen molar-refractivity contribution < 1.29 is 4.79 Å². The van der Waals surface area contributed by atoms with Crippen LogP contribution in [0, 0.1) is 5.92 Å². The van der Waals surface area contributed by atoms with E-state index in [-0.39, 0.29) is 24.4 Å². The van der Waals surface area contributed by atoms with Gasteiger partial charge in [0, 0.05) is 12.6 Å². The summed E-state index contributed by atoms with van der Waals surface area (Å²) in [7, 11) is 0. The van der Waals surface area contributed by atoms with Crippen LogP contribution in [0.3, 0.4) is 0 Å². The molecule has 1 amide bonds. The SMILES string of the molecule is Cl.NCC(NC(=O)c1c(Cl)cccc1Cl)C1CC1. The van der Waals surface area contributed by atoms with Gasteiger partial charge in [-0.25, -0.2) is 0 Å². The maximum atomic E-state index is 12.1. The van der Waals surface area contributed by atoms with Crippen LogP contribution in [-0.2, 0) is 0 Å². The molecule has 0 aromatic heterocycles. The molecule has 18 heavy (non-hydrogen) atoms. The second kappa shape index (κ2) is 6.62. The number of rotatable bonds is 4. The zero-order chi connectivity index (χ0) is 12.4. The van der Waals surface area contributed by atoms with Crippen LogP contribution < -0.4 is 11.1 Å². The second-order valence-corrected chi connectivity index (χ2v) is 5.06. The van der Waals surface area contributed by atoms with E-state index in [1.54, 1.807) is 18.2 Å². The van der Waals surface area contributed by atoms with Gasteiger partial charge < -0.3 is 11.1 Å². The highest BCUT2D eigenvalue weighted by molar-refractivity contribution is 6.39. The summed E-state index contributed by atoms with van der Waals surface area (Å²) in [5.74, 6) is 0.258. The quantitative estimate of drug-likeness (QED) is 0.898. The van der Waals surface area contributed by atoms with Crippen molar-refractivity contribution in [3.05, 3.63) is 33.8 Å². The van der Waals surface area contributed by atoms with Crippen molar-refractivity contribution in [2.45, 2.75) is 18.9 Å². The smallest absolute Gasteiger partial charge is 0.254 e. The summed E-state index contributed by atoms with van der Waals surface area (Å²) in [5, 5.41) is 3.62. The number of hydrogen-bond donors (Lipinski definition) is 2. The van der Waals surface area contributed by atoms with Crippen LogP contribution in [0.5, 0.6) is 0 Å². The number of carbonyl (C=O) groups excluding carboxylic acids is 1. The molecule has 1 aliphatic rings. The van der Waals surface area contributed by atoms with Crippen molar-refractivity contribution >= 4 is 41.5 Å². The van der Waals surface area contributed by atoms with Gasteiger partial charge >= 0.3 is 0 Å². The first-order chi connectivity index (χ1) is 8.13. The van der Waals surface area contributed by atoms with Gasteiger partial charge in [-0.15, -0.1) is 12.4 Å². The van der Waals surface area contributed by atoms with Crippen molar-refractivity contribution in [2.24, 2.45) is 11.7 Å². The Morgan fingerprint density at radius 3 is 2.39 bits per heavy atom. The van der Waals surface area contributed by atoms with Crippen molar-refractivity contribution in [3.63, 3.8) is 0 Å². The molecule has 3 nitrogen and oxygen atoms in total. The summed E-state index contributed by atoms with van der Waals surface area (Å²) < 4.78 is 0. The first-order valence-corrected chi connectivity index (χ1v) is 6.34. The molecule has 6 heteroatoms. The van der Waals surface area contributed by atoms with Crippen molar-refractivity contribution in [1.82, 2.24) is 5.32 Å². The van der Waals surface area contributed by atoms with Crippen LogP contribution in [-0.4, -0.2) is 18.5 Å². The molecule has 0 radical (unpaired) electrons. The zero-order valence-electron chi connectivity index (χ0n) is 9.66. The van der Waals surface area contributed by atoms with Gasteiger partial charge in [0.15, 0.2) is 0 Å². The molecule has 1 fully saturated rings. The monoisotopic (exact) mass is 308 g/mol. The minimum absolute atomic E-state index is 0. The van der Waals surface area contributed by atoms with Gasteiger partial charge in [-0.05, 0) is 30.9 Å². The Kier molecular flexibility index (Phi) is 5.73. The lowest BCUT2D eigenvalue weighted by molar-refractivity contribution is 0.0934. The maximum Gasteiger partial charge on any atom is 0.254 e. The fourth-order valence-electron chi connectivity index (χ4n) is 1.82. The molecule has 1 aromatic carbocycles. The predicted molar refractivity (Wildman–Crippen MR) is 76.7 cm³/mol. The Morgan fingerprint density at radius 2 is 1.94 bits per heavy atom. The average Bonchev–Trinajstić information content (AvgIpc) is 3.09. The van der Waals surface area contributed by atoms with Crippen LogP contribution >= 0.6 is 35.6 Å². The minimum atomic E-state index is -0.247. The van der Waals surface area contributed by atoms with Gasteiger partial charge in [0.2, 0.25) is 0 Å². The summed E-state index contributed by atoms with van der Waals surface area (Å²) in [6.45, 7) is 0.443. The molecule has 0 spiro atoms. The Labute approximate surface area is 122 Å². The van der Waals surface area contributed by atoms with Gasteiger partial charge in [-0.2, -0.15) is 0 Å². The summed E-state index contributed by atoms with van der Waals surface area (Å²) >= 11 is 11.9. The van der Waals surface area contributed by atoms with E-state index in [2.05, 4.69) is 5.32 Å². The number of nitrogens with one attached hydrogen (secondary N) is 1. The fraction of sp³-hybridized carbons (Fsp3) is 0.417. The van der Waals surface area contributed by atoms with E-state index >= 15 is 0 Å². The Bertz CT molecular complexity index is 415. The molecule has 1 aromatic rings. The topological polar surface area (TPSA) is 55.1 Å². The molecule has 0 aliphatic heterocycles. The maximum absolute atomic E-state index is 12.1. The number of amides is 1. The average molecular weight is 310 g/mol. The number of hydrogen-bond acceptors (Lipinski definition) is 2. The highest BCUT2D eigenvalue weighted by Gasteiger charge is 2.32.